The van der Waals surface area contributed by atoms with E-state index in [0.717, 1.165) is 19.0 Å². The number of nitrogens with zero attached hydrogens (tertiary/aromatic N) is 1. The summed E-state index contributed by atoms with van der Waals surface area (Å²) in [7, 11) is 0. The van der Waals surface area contributed by atoms with Gasteiger partial charge in [-0.1, -0.05) is 11.8 Å². The molecular formula is C9H14N2OS. The number of fused-ring (bicyclic) bond motifs is 2. The molecule has 4 saturated heterocycles. The standard InChI is InChI=1S/C9H14N2OS/c12-8-10-5-9(13-8)6-11-3-1-7(9)2-4-11/h7H,1-6H2,(H,10,12). The molecule has 72 valence electrons. The van der Waals surface area contributed by atoms with E-state index in [-0.39, 0.29) is 9.99 Å². The van der Waals surface area contributed by atoms with Crippen LogP contribution in [-0.4, -0.2) is 41.1 Å². The number of amides is 1. The van der Waals surface area contributed by atoms with Crippen LogP contribution in [0, 0.1) is 5.92 Å². The molecule has 4 heterocycles. The zero-order valence-electron chi connectivity index (χ0n) is 7.58. The highest BCUT2D eigenvalue weighted by molar-refractivity contribution is 8.15. The predicted octanol–water partition coefficient (Wildman–Crippen LogP) is 0.907. The number of rotatable bonds is 0. The summed E-state index contributed by atoms with van der Waals surface area (Å²) in [4.78, 5) is 13.7. The van der Waals surface area contributed by atoms with Gasteiger partial charge in [0.05, 0.1) is 4.75 Å². The maximum absolute atomic E-state index is 11.2. The van der Waals surface area contributed by atoms with Gasteiger partial charge in [-0.2, -0.15) is 0 Å². The number of hydrogen-bond donors (Lipinski definition) is 1. The minimum Gasteiger partial charge on any atom is -0.345 e. The Hall–Kier alpha value is -0.220. The van der Waals surface area contributed by atoms with Crippen LogP contribution in [0.15, 0.2) is 0 Å². The second-order valence-electron chi connectivity index (χ2n) is 4.36. The molecule has 0 aliphatic carbocycles. The van der Waals surface area contributed by atoms with E-state index in [4.69, 9.17) is 0 Å². The smallest absolute Gasteiger partial charge is 0.279 e. The zero-order valence-corrected chi connectivity index (χ0v) is 8.40. The van der Waals surface area contributed by atoms with Crippen LogP contribution in [0.3, 0.4) is 0 Å². The van der Waals surface area contributed by atoms with Gasteiger partial charge in [0.2, 0.25) is 0 Å². The minimum absolute atomic E-state index is 0.189. The molecule has 1 N–H and O–H groups in total. The molecule has 1 spiro atoms. The van der Waals surface area contributed by atoms with E-state index in [2.05, 4.69) is 10.2 Å². The van der Waals surface area contributed by atoms with Gasteiger partial charge in [-0.15, -0.1) is 0 Å². The quantitative estimate of drug-likeness (QED) is 0.628. The number of carbonyl (C=O) groups excluding carboxylic acids is 1. The van der Waals surface area contributed by atoms with E-state index in [1.165, 1.54) is 25.9 Å². The van der Waals surface area contributed by atoms with Crippen molar-refractivity contribution in [3.63, 3.8) is 0 Å². The van der Waals surface area contributed by atoms with Gasteiger partial charge in [0.1, 0.15) is 0 Å². The second kappa shape index (κ2) is 2.64. The molecule has 1 atom stereocenters. The molecule has 0 aromatic carbocycles. The highest BCUT2D eigenvalue weighted by atomic mass is 32.2. The molecule has 4 heteroatoms. The summed E-state index contributed by atoms with van der Waals surface area (Å²) in [5.74, 6) is 0.779. The minimum atomic E-state index is 0.189. The van der Waals surface area contributed by atoms with Crippen molar-refractivity contribution in [1.82, 2.24) is 10.2 Å². The van der Waals surface area contributed by atoms with Crippen LogP contribution >= 0.6 is 11.8 Å². The highest BCUT2D eigenvalue weighted by Crippen LogP contribution is 2.46. The Morgan fingerprint density at radius 1 is 1.46 bits per heavy atom. The van der Waals surface area contributed by atoms with Gasteiger partial charge >= 0.3 is 0 Å². The first-order valence-corrected chi connectivity index (χ1v) is 5.79. The first-order chi connectivity index (χ1) is 6.28. The van der Waals surface area contributed by atoms with E-state index in [1.807, 2.05) is 0 Å². The van der Waals surface area contributed by atoms with Crippen LogP contribution in [-0.2, 0) is 0 Å². The maximum Gasteiger partial charge on any atom is 0.279 e. The van der Waals surface area contributed by atoms with Crippen LogP contribution in [0.5, 0.6) is 0 Å². The van der Waals surface area contributed by atoms with Crippen molar-refractivity contribution in [2.75, 3.05) is 26.2 Å². The third-order valence-electron chi connectivity index (χ3n) is 3.65. The van der Waals surface area contributed by atoms with Crippen LogP contribution < -0.4 is 5.32 Å². The van der Waals surface area contributed by atoms with Crippen molar-refractivity contribution >= 4 is 17.0 Å². The topological polar surface area (TPSA) is 32.3 Å². The summed E-state index contributed by atoms with van der Waals surface area (Å²) in [6.07, 6.45) is 2.59. The summed E-state index contributed by atoms with van der Waals surface area (Å²) < 4.78 is 0.244. The Kier molecular flexibility index (Phi) is 1.65. The molecule has 1 amide bonds. The van der Waals surface area contributed by atoms with Gasteiger partial charge in [-0.25, -0.2) is 0 Å². The molecule has 0 saturated carbocycles. The van der Waals surface area contributed by atoms with Crippen molar-refractivity contribution in [2.24, 2.45) is 5.92 Å². The molecule has 0 aromatic rings. The van der Waals surface area contributed by atoms with Gasteiger partial charge < -0.3 is 10.2 Å². The van der Waals surface area contributed by atoms with E-state index < -0.39 is 0 Å². The average Bonchev–Trinajstić information content (AvgIpc) is 2.49. The first kappa shape index (κ1) is 8.12. The Bertz CT molecular complexity index is 250. The van der Waals surface area contributed by atoms with Gasteiger partial charge in [-0.3, -0.25) is 4.79 Å². The Morgan fingerprint density at radius 2 is 2.23 bits per heavy atom. The molecule has 3 nitrogen and oxygen atoms in total. The molecule has 1 unspecified atom stereocenters. The lowest BCUT2D eigenvalue weighted by atomic mass is 9.78. The molecule has 2 bridgehead atoms. The van der Waals surface area contributed by atoms with Crippen LogP contribution in [0.25, 0.3) is 0 Å². The predicted molar refractivity (Wildman–Crippen MR) is 52.9 cm³/mol. The van der Waals surface area contributed by atoms with E-state index >= 15 is 0 Å². The van der Waals surface area contributed by atoms with Crippen molar-refractivity contribution in [1.29, 1.82) is 0 Å². The maximum atomic E-state index is 11.2. The number of piperidine rings is 3. The highest BCUT2D eigenvalue weighted by Gasteiger charge is 2.51. The summed E-state index contributed by atoms with van der Waals surface area (Å²) in [5, 5.41) is 3.15. The van der Waals surface area contributed by atoms with Crippen LogP contribution in [0.2, 0.25) is 0 Å². The molecule has 0 radical (unpaired) electrons. The second-order valence-corrected chi connectivity index (χ2v) is 5.75. The summed E-state index contributed by atoms with van der Waals surface area (Å²) in [6, 6.07) is 0. The van der Waals surface area contributed by atoms with Crippen LogP contribution in [0.1, 0.15) is 12.8 Å². The summed E-state index contributed by atoms with van der Waals surface area (Å²) in [5.41, 5.74) is 0. The van der Waals surface area contributed by atoms with Gasteiger partial charge in [0.25, 0.3) is 5.24 Å². The Labute approximate surface area is 82.2 Å². The Balaban J connectivity index is 1.87. The lowest BCUT2D eigenvalue weighted by molar-refractivity contribution is 0.0752. The molecular weight excluding hydrogens is 184 g/mol. The van der Waals surface area contributed by atoms with Gasteiger partial charge in [-0.05, 0) is 31.8 Å². The third kappa shape index (κ3) is 1.12. The third-order valence-corrected chi connectivity index (χ3v) is 4.99. The van der Waals surface area contributed by atoms with Crippen molar-refractivity contribution in [2.45, 2.75) is 17.6 Å². The monoisotopic (exact) mass is 198 g/mol. The van der Waals surface area contributed by atoms with E-state index in [0.29, 0.717) is 0 Å². The molecule has 0 aromatic heterocycles. The van der Waals surface area contributed by atoms with Crippen molar-refractivity contribution in [3.05, 3.63) is 0 Å². The number of thioether (sulfide) groups is 1. The SMILES string of the molecule is O=C1NCC2(CN3CCC2CC3)S1. The first-order valence-electron chi connectivity index (χ1n) is 4.98. The fourth-order valence-corrected chi connectivity index (χ4v) is 4.23. The van der Waals surface area contributed by atoms with Crippen molar-refractivity contribution < 1.29 is 4.79 Å². The van der Waals surface area contributed by atoms with Gasteiger partial charge in [0.15, 0.2) is 0 Å². The fourth-order valence-electron chi connectivity index (χ4n) is 2.92. The molecule has 4 fully saturated rings. The lowest BCUT2D eigenvalue weighted by Gasteiger charge is -2.50. The normalized spacial score (nSPS) is 48.5. The zero-order chi connectivity index (χ0) is 8.89. The molecule has 4 aliphatic rings. The lowest BCUT2D eigenvalue weighted by Crippen LogP contribution is -2.58. The largest absolute Gasteiger partial charge is 0.345 e. The van der Waals surface area contributed by atoms with Crippen LogP contribution in [0.4, 0.5) is 4.79 Å². The molecule has 4 aliphatic heterocycles. The molecule has 13 heavy (non-hydrogen) atoms. The number of nitrogens with one attached hydrogen (secondary N) is 1. The average molecular weight is 198 g/mol. The van der Waals surface area contributed by atoms with Crippen molar-refractivity contribution in [3.8, 4) is 0 Å². The molecule has 4 rings (SSSR count). The summed E-state index contributed by atoms with van der Waals surface area (Å²) >= 11 is 1.56. The Morgan fingerprint density at radius 3 is 2.69 bits per heavy atom. The number of hydrogen-bond acceptors (Lipinski definition) is 3. The number of carbonyl (C=O) groups is 1. The summed E-state index contributed by atoms with van der Waals surface area (Å²) in [6.45, 7) is 4.53. The van der Waals surface area contributed by atoms with E-state index in [1.54, 1.807) is 11.8 Å². The fraction of sp³-hybridized carbons (Fsp3) is 0.889. The van der Waals surface area contributed by atoms with Gasteiger partial charge in [0, 0.05) is 13.1 Å². The van der Waals surface area contributed by atoms with E-state index in [9.17, 15) is 4.79 Å².